The monoisotopic (exact) mass is 380 g/mol. The summed E-state index contributed by atoms with van der Waals surface area (Å²) in [5.41, 5.74) is 2.89. The van der Waals surface area contributed by atoms with Gasteiger partial charge in [0, 0.05) is 32.4 Å². The molecule has 2 aromatic rings. The van der Waals surface area contributed by atoms with Crippen LogP contribution in [0.4, 0.5) is 10.1 Å². The van der Waals surface area contributed by atoms with Gasteiger partial charge in [-0.25, -0.2) is 4.39 Å². The third kappa shape index (κ3) is 3.65. The number of hydrogen-bond acceptors (Lipinski definition) is 2. The molecule has 1 saturated carbocycles. The highest BCUT2D eigenvalue weighted by molar-refractivity contribution is 5.89. The van der Waals surface area contributed by atoms with Gasteiger partial charge in [0.1, 0.15) is 5.82 Å². The number of halogens is 1. The lowest BCUT2D eigenvalue weighted by molar-refractivity contribution is -0.140. The van der Waals surface area contributed by atoms with Crippen molar-refractivity contribution in [2.24, 2.45) is 0 Å². The number of amides is 1. The summed E-state index contributed by atoms with van der Waals surface area (Å²) in [6.45, 7) is 2.87. The SMILES string of the molecule is CN(Cc1ccc(N2CCCCC2)cc1)C(=O)C1(c2ccc(F)cc2)CCC1. The number of nitrogens with zero attached hydrogens (tertiary/aromatic N) is 2. The minimum atomic E-state index is -0.476. The average Bonchev–Trinajstić information content (AvgIpc) is 2.69. The first-order valence-corrected chi connectivity index (χ1v) is 10.4. The molecule has 0 atom stereocenters. The summed E-state index contributed by atoms with van der Waals surface area (Å²) in [4.78, 5) is 17.6. The molecule has 2 aromatic carbocycles. The van der Waals surface area contributed by atoms with Crippen LogP contribution in [0.25, 0.3) is 0 Å². The van der Waals surface area contributed by atoms with Crippen LogP contribution in [0.5, 0.6) is 0 Å². The van der Waals surface area contributed by atoms with Crippen LogP contribution in [-0.2, 0) is 16.8 Å². The lowest BCUT2D eigenvalue weighted by Gasteiger charge is -2.43. The average molecular weight is 381 g/mol. The van der Waals surface area contributed by atoms with Crippen LogP contribution in [0, 0.1) is 5.82 Å². The fourth-order valence-corrected chi connectivity index (χ4v) is 4.60. The lowest BCUT2D eigenvalue weighted by atomic mass is 9.63. The van der Waals surface area contributed by atoms with Crippen molar-refractivity contribution in [3.05, 3.63) is 65.5 Å². The van der Waals surface area contributed by atoms with Crippen molar-refractivity contribution in [1.29, 1.82) is 0 Å². The van der Waals surface area contributed by atoms with E-state index in [1.807, 2.05) is 11.9 Å². The number of carbonyl (C=O) groups excluding carboxylic acids is 1. The molecule has 2 fully saturated rings. The van der Waals surface area contributed by atoms with Crippen molar-refractivity contribution < 1.29 is 9.18 Å². The summed E-state index contributed by atoms with van der Waals surface area (Å²) in [6.07, 6.45) is 6.60. The number of rotatable bonds is 5. The first-order valence-electron chi connectivity index (χ1n) is 10.4. The third-order valence-corrected chi connectivity index (χ3v) is 6.44. The third-order valence-electron chi connectivity index (χ3n) is 6.44. The maximum Gasteiger partial charge on any atom is 0.233 e. The summed E-state index contributed by atoms with van der Waals surface area (Å²) in [6, 6.07) is 15.1. The van der Waals surface area contributed by atoms with Crippen molar-refractivity contribution in [2.45, 2.75) is 50.5 Å². The standard InChI is InChI=1S/C24H29FN2O/c1-26(18-19-6-12-22(13-7-19)27-16-3-2-4-17-27)23(28)24(14-5-15-24)20-8-10-21(25)11-9-20/h6-13H,2-5,14-18H2,1H3. The summed E-state index contributed by atoms with van der Waals surface area (Å²) in [5, 5.41) is 0. The van der Waals surface area contributed by atoms with Gasteiger partial charge >= 0.3 is 0 Å². The maximum atomic E-state index is 13.3. The van der Waals surface area contributed by atoms with Crippen molar-refractivity contribution in [3.8, 4) is 0 Å². The Kier molecular flexibility index (Phi) is 5.38. The fraction of sp³-hybridized carbons (Fsp3) is 0.458. The lowest BCUT2D eigenvalue weighted by Crippen LogP contribution is -2.49. The van der Waals surface area contributed by atoms with E-state index in [2.05, 4.69) is 29.2 Å². The Hall–Kier alpha value is -2.36. The quantitative estimate of drug-likeness (QED) is 0.737. The van der Waals surface area contributed by atoms with Crippen LogP contribution >= 0.6 is 0 Å². The normalized spacial score (nSPS) is 18.4. The van der Waals surface area contributed by atoms with Gasteiger partial charge in [-0.05, 0) is 67.5 Å². The van der Waals surface area contributed by atoms with Crippen LogP contribution in [0.2, 0.25) is 0 Å². The number of benzene rings is 2. The molecular weight excluding hydrogens is 351 g/mol. The largest absolute Gasteiger partial charge is 0.372 e. The van der Waals surface area contributed by atoms with E-state index < -0.39 is 5.41 Å². The second-order valence-electron chi connectivity index (χ2n) is 8.32. The fourth-order valence-electron chi connectivity index (χ4n) is 4.60. The molecule has 1 saturated heterocycles. The van der Waals surface area contributed by atoms with E-state index >= 15 is 0 Å². The zero-order valence-corrected chi connectivity index (χ0v) is 16.7. The van der Waals surface area contributed by atoms with Crippen LogP contribution in [0.1, 0.15) is 49.7 Å². The smallest absolute Gasteiger partial charge is 0.233 e. The molecule has 4 rings (SSSR count). The van der Waals surface area contributed by atoms with E-state index in [0.29, 0.717) is 6.54 Å². The maximum absolute atomic E-state index is 13.3. The number of hydrogen-bond donors (Lipinski definition) is 0. The topological polar surface area (TPSA) is 23.6 Å². The summed E-state index contributed by atoms with van der Waals surface area (Å²) in [7, 11) is 1.88. The van der Waals surface area contributed by atoms with Crippen molar-refractivity contribution in [2.75, 3.05) is 25.0 Å². The minimum absolute atomic E-state index is 0.144. The predicted octanol–water partition coefficient (Wildman–Crippen LogP) is 4.90. The predicted molar refractivity (Wildman–Crippen MR) is 111 cm³/mol. The molecule has 1 amide bonds. The Balaban J connectivity index is 1.44. The Morgan fingerprint density at radius 1 is 0.964 bits per heavy atom. The van der Waals surface area contributed by atoms with Gasteiger partial charge in [0.05, 0.1) is 5.41 Å². The molecule has 1 aliphatic carbocycles. The number of likely N-dealkylation sites (N-methyl/N-ethyl adjacent to an activating group) is 1. The molecule has 3 nitrogen and oxygen atoms in total. The molecule has 2 aliphatic rings. The van der Waals surface area contributed by atoms with Crippen LogP contribution < -0.4 is 4.90 Å². The second kappa shape index (κ2) is 7.94. The van der Waals surface area contributed by atoms with E-state index in [4.69, 9.17) is 0 Å². The molecule has 0 unspecified atom stereocenters. The Bertz CT molecular complexity index is 806. The molecule has 0 N–H and O–H groups in total. The first-order chi connectivity index (χ1) is 13.6. The Labute approximate surface area is 167 Å². The highest BCUT2D eigenvalue weighted by Gasteiger charge is 2.46. The van der Waals surface area contributed by atoms with Gasteiger partial charge in [-0.2, -0.15) is 0 Å². The van der Waals surface area contributed by atoms with Gasteiger partial charge in [-0.1, -0.05) is 30.7 Å². The van der Waals surface area contributed by atoms with Crippen molar-refractivity contribution >= 4 is 11.6 Å². The molecule has 1 aliphatic heterocycles. The van der Waals surface area contributed by atoms with E-state index in [9.17, 15) is 9.18 Å². The molecular formula is C24H29FN2O. The molecule has 0 bridgehead atoms. The molecule has 0 radical (unpaired) electrons. The van der Waals surface area contributed by atoms with Gasteiger partial charge in [0.2, 0.25) is 5.91 Å². The van der Waals surface area contributed by atoms with Gasteiger partial charge in [0.15, 0.2) is 0 Å². The number of piperidine rings is 1. The van der Waals surface area contributed by atoms with Gasteiger partial charge in [-0.15, -0.1) is 0 Å². The van der Waals surface area contributed by atoms with Gasteiger partial charge in [0.25, 0.3) is 0 Å². The zero-order valence-electron chi connectivity index (χ0n) is 16.7. The van der Waals surface area contributed by atoms with Crippen LogP contribution in [0.15, 0.2) is 48.5 Å². The molecule has 1 heterocycles. The van der Waals surface area contributed by atoms with Crippen LogP contribution in [-0.4, -0.2) is 30.9 Å². The zero-order chi connectivity index (χ0) is 19.6. The van der Waals surface area contributed by atoms with Crippen LogP contribution in [0.3, 0.4) is 0 Å². The number of anilines is 1. The van der Waals surface area contributed by atoms with E-state index in [0.717, 1.165) is 43.5 Å². The van der Waals surface area contributed by atoms with Gasteiger partial charge < -0.3 is 9.80 Å². The van der Waals surface area contributed by atoms with Crippen molar-refractivity contribution in [1.82, 2.24) is 4.90 Å². The van der Waals surface area contributed by atoms with E-state index in [1.54, 1.807) is 12.1 Å². The highest BCUT2D eigenvalue weighted by Crippen LogP contribution is 2.45. The molecule has 0 aromatic heterocycles. The van der Waals surface area contributed by atoms with Gasteiger partial charge in [-0.3, -0.25) is 4.79 Å². The minimum Gasteiger partial charge on any atom is -0.372 e. The Morgan fingerprint density at radius 3 is 2.18 bits per heavy atom. The summed E-state index contributed by atoms with van der Waals surface area (Å²) >= 11 is 0. The van der Waals surface area contributed by atoms with Crippen molar-refractivity contribution in [3.63, 3.8) is 0 Å². The molecule has 4 heteroatoms. The molecule has 28 heavy (non-hydrogen) atoms. The second-order valence-corrected chi connectivity index (χ2v) is 8.32. The van der Waals surface area contributed by atoms with E-state index in [1.165, 1.54) is 37.1 Å². The summed E-state index contributed by atoms with van der Waals surface area (Å²) in [5.74, 6) is -0.113. The number of carbonyl (C=O) groups is 1. The summed E-state index contributed by atoms with van der Waals surface area (Å²) < 4.78 is 13.3. The molecule has 0 spiro atoms. The Morgan fingerprint density at radius 2 is 1.61 bits per heavy atom. The molecule has 148 valence electrons. The first kappa shape index (κ1) is 19.0. The van der Waals surface area contributed by atoms with E-state index in [-0.39, 0.29) is 11.7 Å². The highest BCUT2D eigenvalue weighted by atomic mass is 19.1.